The van der Waals surface area contributed by atoms with Crippen LogP contribution in [0.15, 0.2) is 60.8 Å². The first-order chi connectivity index (χ1) is 29.0. The van der Waals surface area contributed by atoms with Crippen LogP contribution in [0.25, 0.3) is 0 Å². The van der Waals surface area contributed by atoms with Gasteiger partial charge >= 0.3 is 5.97 Å². The monoisotopic (exact) mass is 826 g/mol. The largest absolute Gasteiger partial charge is 0.462 e. The Kier molecular flexibility index (Phi) is 44.7. The first-order valence-corrected chi connectivity index (χ1v) is 25.0. The van der Waals surface area contributed by atoms with E-state index in [0.29, 0.717) is 19.3 Å². The highest BCUT2D eigenvalue weighted by molar-refractivity contribution is 5.77. The molecule has 0 aliphatic rings. The van der Waals surface area contributed by atoms with Gasteiger partial charge in [-0.05, 0) is 77.0 Å². The molecule has 342 valence electrons. The van der Waals surface area contributed by atoms with Crippen LogP contribution in [0.5, 0.6) is 0 Å². The van der Waals surface area contributed by atoms with E-state index in [2.05, 4.69) is 86.8 Å². The number of rotatable bonds is 44. The molecule has 0 saturated carbocycles. The zero-order valence-electron chi connectivity index (χ0n) is 38.9. The summed E-state index contributed by atoms with van der Waals surface area (Å²) in [6.07, 6.45) is 57.1. The normalized spacial score (nSPS) is 13.8. The fourth-order valence-electron chi connectivity index (χ4n) is 7.35. The number of carbonyl (C=O) groups is 2. The number of carbonyl (C=O) groups excluding carboxylic acids is 2. The van der Waals surface area contributed by atoms with Crippen LogP contribution in [0.4, 0.5) is 0 Å². The van der Waals surface area contributed by atoms with Crippen molar-refractivity contribution < 1.29 is 24.5 Å². The van der Waals surface area contributed by atoms with E-state index in [0.717, 1.165) is 89.9 Å². The van der Waals surface area contributed by atoms with Gasteiger partial charge in [-0.1, -0.05) is 210 Å². The number of hydrogen-bond acceptors (Lipinski definition) is 5. The van der Waals surface area contributed by atoms with Gasteiger partial charge in [-0.15, -0.1) is 0 Å². The number of nitrogens with one attached hydrogen (secondary N) is 1. The van der Waals surface area contributed by atoms with E-state index < -0.39 is 18.2 Å². The van der Waals surface area contributed by atoms with E-state index in [1.165, 1.54) is 103 Å². The van der Waals surface area contributed by atoms with Crippen molar-refractivity contribution in [1.82, 2.24) is 5.32 Å². The number of hydrogen-bond donors (Lipinski definition) is 3. The summed E-state index contributed by atoms with van der Waals surface area (Å²) in [7, 11) is 0. The molecule has 3 N–H and O–H groups in total. The molecule has 0 aliphatic heterocycles. The number of aliphatic hydroxyl groups is 2. The van der Waals surface area contributed by atoms with Crippen LogP contribution >= 0.6 is 0 Å². The van der Waals surface area contributed by atoms with Gasteiger partial charge < -0.3 is 20.3 Å². The summed E-state index contributed by atoms with van der Waals surface area (Å²) in [5.41, 5.74) is 0. The predicted octanol–water partition coefficient (Wildman–Crippen LogP) is 14.8. The molecule has 1 amide bonds. The Morgan fingerprint density at radius 3 is 1.53 bits per heavy atom. The molecule has 0 heterocycles. The maximum atomic E-state index is 13.2. The molecule has 0 spiro atoms. The zero-order chi connectivity index (χ0) is 43.1. The summed E-state index contributed by atoms with van der Waals surface area (Å²) in [6, 6.07) is -0.714. The molecule has 3 atom stereocenters. The summed E-state index contributed by atoms with van der Waals surface area (Å²) < 4.78 is 5.91. The molecular formula is C53H95NO5. The molecule has 0 rings (SSSR count). The Morgan fingerprint density at radius 1 is 0.525 bits per heavy atom. The average molecular weight is 826 g/mol. The number of aliphatic hydroxyl groups excluding tert-OH is 2. The topological polar surface area (TPSA) is 95.9 Å². The molecule has 0 radical (unpaired) electrons. The van der Waals surface area contributed by atoms with Crippen LogP contribution < -0.4 is 5.32 Å². The highest BCUT2D eigenvalue weighted by Gasteiger charge is 2.24. The van der Waals surface area contributed by atoms with E-state index in [-0.39, 0.29) is 24.9 Å². The Hall–Kier alpha value is -2.44. The van der Waals surface area contributed by atoms with Gasteiger partial charge in [-0.25, -0.2) is 0 Å². The summed E-state index contributed by atoms with van der Waals surface area (Å²) in [6.45, 7) is 6.33. The van der Waals surface area contributed by atoms with Crippen molar-refractivity contribution in [3.63, 3.8) is 0 Å². The standard InChI is InChI=1S/C53H95NO5/c1-4-7-10-13-16-19-22-24-26-27-28-30-32-35-38-41-44-49(59-53(58)46-43-40-37-34-31-29-25-23-20-17-14-11-8-5-2)47-52(57)54-50(48-55)51(56)45-42-39-36-33-21-18-15-12-9-6-3/h8,11,17,20,22,24,26-28,30,49-51,55-56H,4-7,9-10,12-16,18-19,21,23,25,29,31-48H2,1-3H3,(H,54,57)/b11-8+,20-17+,24-22+,27-26+,30-28+. The molecule has 3 unspecified atom stereocenters. The third kappa shape index (κ3) is 42.1. The lowest BCUT2D eigenvalue weighted by Gasteiger charge is -2.24. The number of esters is 1. The quantitative estimate of drug-likeness (QED) is 0.0246. The van der Waals surface area contributed by atoms with Gasteiger partial charge in [-0.2, -0.15) is 0 Å². The minimum absolute atomic E-state index is 0.0504. The Balaban J connectivity index is 4.68. The van der Waals surface area contributed by atoms with Crippen LogP contribution in [0, 0.1) is 0 Å². The van der Waals surface area contributed by atoms with Crippen molar-refractivity contribution in [2.24, 2.45) is 0 Å². The molecule has 0 fully saturated rings. The van der Waals surface area contributed by atoms with Crippen molar-refractivity contribution in [2.45, 2.75) is 257 Å². The van der Waals surface area contributed by atoms with Crippen molar-refractivity contribution in [1.29, 1.82) is 0 Å². The molecule has 0 aromatic heterocycles. The third-order valence-electron chi connectivity index (χ3n) is 11.1. The van der Waals surface area contributed by atoms with E-state index >= 15 is 0 Å². The van der Waals surface area contributed by atoms with E-state index in [4.69, 9.17) is 4.74 Å². The molecule has 0 bridgehead atoms. The van der Waals surface area contributed by atoms with Gasteiger partial charge in [0, 0.05) is 6.42 Å². The van der Waals surface area contributed by atoms with Crippen LogP contribution in [0.2, 0.25) is 0 Å². The first kappa shape index (κ1) is 56.6. The van der Waals surface area contributed by atoms with Gasteiger partial charge in [-0.3, -0.25) is 9.59 Å². The number of ether oxygens (including phenoxy) is 1. The summed E-state index contributed by atoms with van der Waals surface area (Å²) in [5, 5.41) is 23.7. The molecule has 0 aromatic carbocycles. The van der Waals surface area contributed by atoms with Crippen molar-refractivity contribution in [3.05, 3.63) is 60.8 Å². The smallest absolute Gasteiger partial charge is 0.306 e. The fourth-order valence-corrected chi connectivity index (χ4v) is 7.35. The van der Waals surface area contributed by atoms with Crippen molar-refractivity contribution in [2.75, 3.05) is 6.61 Å². The number of amides is 1. The Morgan fingerprint density at radius 2 is 0.983 bits per heavy atom. The highest BCUT2D eigenvalue weighted by atomic mass is 16.5. The van der Waals surface area contributed by atoms with Gasteiger partial charge in [0.15, 0.2) is 0 Å². The lowest BCUT2D eigenvalue weighted by Crippen LogP contribution is -2.46. The Labute approximate surface area is 365 Å². The molecule has 0 aromatic rings. The molecule has 6 nitrogen and oxygen atoms in total. The minimum Gasteiger partial charge on any atom is -0.462 e. The summed E-state index contributed by atoms with van der Waals surface area (Å²) in [4.78, 5) is 26.1. The zero-order valence-corrected chi connectivity index (χ0v) is 38.9. The van der Waals surface area contributed by atoms with Crippen molar-refractivity contribution >= 4 is 11.9 Å². The maximum absolute atomic E-state index is 13.2. The second-order valence-electron chi connectivity index (χ2n) is 16.9. The van der Waals surface area contributed by atoms with Crippen molar-refractivity contribution in [3.8, 4) is 0 Å². The number of allylic oxidation sites excluding steroid dienone is 10. The third-order valence-corrected chi connectivity index (χ3v) is 11.1. The molecular weight excluding hydrogens is 731 g/mol. The predicted molar refractivity (Wildman–Crippen MR) is 255 cm³/mol. The van der Waals surface area contributed by atoms with Crippen LogP contribution in [-0.2, 0) is 14.3 Å². The van der Waals surface area contributed by atoms with E-state index in [1.54, 1.807) is 0 Å². The van der Waals surface area contributed by atoms with E-state index in [1.807, 2.05) is 0 Å². The summed E-state index contributed by atoms with van der Waals surface area (Å²) in [5.74, 6) is -0.517. The van der Waals surface area contributed by atoms with Gasteiger partial charge in [0.25, 0.3) is 0 Å². The molecule has 0 saturated heterocycles. The lowest BCUT2D eigenvalue weighted by atomic mass is 10.0. The van der Waals surface area contributed by atoms with Gasteiger partial charge in [0.05, 0.1) is 25.2 Å². The van der Waals surface area contributed by atoms with Gasteiger partial charge in [0.2, 0.25) is 5.91 Å². The minimum atomic E-state index is -0.798. The molecule has 0 aliphatic carbocycles. The van der Waals surface area contributed by atoms with Crippen LogP contribution in [-0.4, -0.2) is 46.9 Å². The molecule has 59 heavy (non-hydrogen) atoms. The summed E-state index contributed by atoms with van der Waals surface area (Å²) >= 11 is 0. The SMILES string of the molecule is CC/C=C/C/C=C/CCCCCCCCCC(=O)OC(CCCCC/C=C/C=C/C=C/CCCCCCC)CC(=O)NC(CO)C(O)CCCCCCCCCCCC. The second kappa shape index (κ2) is 46.6. The van der Waals surface area contributed by atoms with Gasteiger partial charge in [0.1, 0.15) is 6.10 Å². The first-order valence-electron chi connectivity index (χ1n) is 25.0. The fraction of sp³-hybridized carbons (Fsp3) is 0.774. The molecule has 6 heteroatoms. The highest BCUT2D eigenvalue weighted by Crippen LogP contribution is 2.17. The van der Waals surface area contributed by atoms with E-state index in [9.17, 15) is 19.8 Å². The lowest BCUT2D eigenvalue weighted by molar-refractivity contribution is -0.151. The second-order valence-corrected chi connectivity index (χ2v) is 16.9. The van der Waals surface area contributed by atoms with Crippen LogP contribution in [0.3, 0.4) is 0 Å². The van der Waals surface area contributed by atoms with Crippen LogP contribution in [0.1, 0.15) is 239 Å². The Bertz CT molecular complexity index is 1060. The maximum Gasteiger partial charge on any atom is 0.306 e. The average Bonchev–Trinajstić information content (AvgIpc) is 3.23. The number of unbranched alkanes of at least 4 members (excludes halogenated alkanes) is 24.